The molecule has 0 aromatic carbocycles. The number of aromatic nitrogens is 1. The summed E-state index contributed by atoms with van der Waals surface area (Å²) in [4.78, 5) is 25.2. The van der Waals surface area contributed by atoms with Gasteiger partial charge in [0.05, 0.1) is 13.2 Å². The van der Waals surface area contributed by atoms with E-state index in [2.05, 4.69) is 21.0 Å². The van der Waals surface area contributed by atoms with Crippen molar-refractivity contribution in [2.24, 2.45) is 0 Å². The maximum absolute atomic E-state index is 10.8. The van der Waals surface area contributed by atoms with E-state index in [1.807, 2.05) is 18.2 Å². The summed E-state index contributed by atoms with van der Waals surface area (Å²) >= 11 is 5.40. The van der Waals surface area contributed by atoms with Gasteiger partial charge in [0, 0.05) is 18.5 Å². The molecule has 0 aliphatic rings. The first-order valence-electron chi connectivity index (χ1n) is 6.68. The molecular weight excluding hydrogens is 310 g/mol. The van der Waals surface area contributed by atoms with Gasteiger partial charge >= 0.3 is 12.1 Å². The maximum atomic E-state index is 10.8. The van der Waals surface area contributed by atoms with Crippen molar-refractivity contribution in [3.05, 3.63) is 43.2 Å². The summed E-state index contributed by atoms with van der Waals surface area (Å²) in [6.45, 7) is 5.24. The van der Waals surface area contributed by atoms with Crippen LogP contribution in [0.2, 0.25) is 0 Å². The molecule has 7 heteroatoms. The van der Waals surface area contributed by atoms with Crippen LogP contribution >= 0.6 is 11.6 Å². The molecule has 0 N–H and O–H groups in total. The van der Waals surface area contributed by atoms with Gasteiger partial charge in [-0.25, -0.2) is 9.59 Å². The molecule has 1 heterocycles. The number of carbonyl (C=O) groups excluding carboxylic acids is 2. The molecule has 0 bridgehead atoms. The Hall–Kier alpha value is -2.08. The first-order chi connectivity index (χ1) is 10.6. The Morgan fingerprint density at radius 1 is 1.18 bits per heavy atom. The smallest absolute Gasteiger partial charge is 0.463 e. The van der Waals surface area contributed by atoms with E-state index in [0.717, 1.165) is 6.08 Å². The second-order valence-electron chi connectivity index (χ2n) is 3.86. The number of ether oxygens (including phenoxy) is 3. The molecule has 6 nitrogen and oxygen atoms in total. The molecule has 0 saturated heterocycles. The number of halogens is 1. The predicted molar refractivity (Wildman–Crippen MR) is 82.4 cm³/mol. The summed E-state index contributed by atoms with van der Waals surface area (Å²) in [5.74, 6) is -0.462. The molecule has 0 spiro atoms. The average Bonchev–Trinajstić information content (AvgIpc) is 2.52. The average molecular weight is 330 g/mol. The fourth-order valence-electron chi connectivity index (χ4n) is 1.07. The molecular formula is C15H20ClNO5. The number of alkyl halides is 1. The summed E-state index contributed by atoms with van der Waals surface area (Å²) in [6, 6.07) is 5.72. The van der Waals surface area contributed by atoms with Crippen LogP contribution in [-0.4, -0.2) is 35.9 Å². The molecule has 0 fully saturated rings. The Bertz CT molecular complexity index is 398. The Morgan fingerprint density at radius 3 is 2.18 bits per heavy atom. The molecule has 1 atom stereocenters. The van der Waals surface area contributed by atoms with Gasteiger partial charge < -0.3 is 14.2 Å². The van der Waals surface area contributed by atoms with E-state index < -0.39 is 17.7 Å². The van der Waals surface area contributed by atoms with E-state index in [0.29, 0.717) is 12.8 Å². The second kappa shape index (κ2) is 13.9. The van der Waals surface area contributed by atoms with Gasteiger partial charge in [-0.3, -0.25) is 4.98 Å². The van der Waals surface area contributed by atoms with Crippen LogP contribution in [0.5, 0.6) is 0 Å². The normalized spacial score (nSPS) is 10.5. The Labute approximate surface area is 135 Å². The van der Waals surface area contributed by atoms with Crippen LogP contribution in [-0.2, 0) is 19.0 Å². The number of hydrogen-bond donors (Lipinski definition) is 0. The molecule has 0 aliphatic heterocycles. The molecule has 0 aliphatic carbocycles. The third-order valence-corrected chi connectivity index (χ3v) is 2.08. The van der Waals surface area contributed by atoms with Crippen molar-refractivity contribution in [2.75, 3.05) is 13.2 Å². The van der Waals surface area contributed by atoms with Crippen LogP contribution < -0.4 is 0 Å². The number of rotatable bonds is 7. The van der Waals surface area contributed by atoms with E-state index in [1.165, 1.54) is 6.92 Å². The molecule has 1 unspecified atom stereocenters. The molecule has 1 rings (SSSR count). The van der Waals surface area contributed by atoms with Gasteiger partial charge in [0.1, 0.15) is 0 Å². The Kier molecular flexibility index (Phi) is 12.6. The minimum absolute atomic E-state index is 0.202. The van der Waals surface area contributed by atoms with Gasteiger partial charge in [0.25, 0.3) is 0 Å². The highest BCUT2D eigenvalue weighted by Crippen LogP contribution is 2.00. The molecule has 0 radical (unpaired) electrons. The molecule has 122 valence electrons. The standard InChI is InChI=1S/C10H15ClO5.C5H5N/c1-3-9(12)14-6-4-5-7-15-10(13)16-8(2)11;1-2-4-6-5-3-1/h3,8H,1,4-7H2,2H3;1-5H. The number of esters is 1. The lowest BCUT2D eigenvalue weighted by Crippen LogP contribution is -2.12. The van der Waals surface area contributed by atoms with Crippen molar-refractivity contribution in [3.63, 3.8) is 0 Å². The zero-order chi connectivity index (χ0) is 16.6. The van der Waals surface area contributed by atoms with E-state index >= 15 is 0 Å². The van der Waals surface area contributed by atoms with E-state index in [-0.39, 0.29) is 13.2 Å². The summed E-state index contributed by atoms with van der Waals surface area (Å²) in [5.41, 5.74) is -0.707. The highest BCUT2D eigenvalue weighted by molar-refractivity contribution is 6.19. The van der Waals surface area contributed by atoms with Gasteiger partial charge in [-0.2, -0.15) is 0 Å². The number of unbranched alkanes of at least 4 members (excludes halogenated alkanes) is 1. The van der Waals surface area contributed by atoms with E-state index in [9.17, 15) is 9.59 Å². The van der Waals surface area contributed by atoms with Crippen LogP contribution in [0.3, 0.4) is 0 Å². The SMILES string of the molecule is C=CC(=O)OCCCCOC(=O)OC(C)Cl.c1ccncc1. The Morgan fingerprint density at radius 2 is 1.77 bits per heavy atom. The fraction of sp³-hybridized carbons (Fsp3) is 0.400. The highest BCUT2D eigenvalue weighted by atomic mass is 35.5. The van der Waals surface area contributed by atoms with Crippen LogP contribution in [0.25, 0.3) is 0 Å². The number of pyridine rings is 1. The summed E-state index contributed by atoms with van der Waals surface area (Å²) in [6.07, 6.45) is 4.97. The quantitative estimate of drug-likeness (QED) is 0.330. The third-order valence-electron chi connectivity index (χ3n) is 1.99. The first-order valence-corrected chi connectivity index (χ1v) is 7.11. The largest absolute Gasteiger partial charge is 0.509 e. The predicted octanol–water partition coefficient (Wildman–Crippen LogP) is 3.32. The fourth-order valence-corrected chi connectivity index (χ4v) is 1.14. The maximum Gasteiger partial charge on any atom is 0.509 e. The van der Waals surface area contributed by atoms with Gasteiger partial charge in [-0.1, -0.05) is 24.2 Å². The van der Waals surface area contributed by atoms with Gasteiger partial charge in [-0.05, 0) is 31.9 Å². The van der Waals surface area contributed by atoms with Gasteiger partial charge in [-0.15, -0.1) is 0 Å². The van der Waals surface area contributed by atoms with Crippen molar-refractivity contribution >= 4 is 23.7 Å². The van der Waals surface area contributed by atoms with Crippen molar-refractivity contribution in [2.45, 2.75) is 25.3 Å². The molecule has 1 aromatic rings. The van der Waals surface area contributed by atoms with Crippen molar-refractivity contribution in [3.8, 4) is 0 Å². The molecule has 1 aromatic heterocycles. The molecule has 22 heavy (non-hydrogen) atoms. The second-order valence-corrected chi connectivity index (χ2v) is 4.48. The lowest BCUT2D eigenvalue weighted by atomic mass is 10.3. The summed E-state index contributed by atoms with van der Waals surface area (Å²) in [7, 11) is 0. The van der Waals surface area contributed by atoms with Crippen molar-refractivity contribution in [1.29, 1.82) is 0 Å². The monoisotopic (exact) mass is 329 g/mol. The lowest BCUT2D eigenvalue weighted by Gasteiger charge is -2.07. The Balaban J connectivity index is 0.000000604. The minimum atomic E-state index is -0.800. The van der Waals surface area contributed by atoms with Gasteiger partial charge in [0.15, 0.2) is 5.56 Å². The topological polar surface area (TPSA) is 74.7 Å². The van der Waals surface area contributed by atoms with Crippen LogP contribution in [0.15, 0.2) is 43.2 Å². The molecule has 0 amide bonds. The number of hydrogen-bond acceptors (Lipinski definition) is 6. The van der Waals surface area contributed by atoms with E-state index in [4.69, 9.17) is 16.3 Å². The number of carbonyl (C=O) groups is 2. The van der Waals surface area contributed by atoms with E-state index in [1.54, 1.807) is 12.4 Å². The number of nitrogens with zero attached hydrogens (tertiary/aromatic N) is 1. The van der Waals surface area contributed by atoms with Crippen LogP contribution in [0, 0.1) is 0 Å². The zero-order valence-electron chi connectivity index (χ0n) is 12.4. The third kappa shape index (κ3) is 14.3. The zero-order valence-corrected chi connectivity index (χ0v) is 13.2. The minimum Gasteiger partial charge on any atom is -0.463 e. The lowest BCUT2D eigenvalue weighted by molar-refractivity contribution is -0.137. The highest BCUT2D eigenvalue weighted by Gasteiger charge is 2.06. The van der Waals surface area contributed by atoms with Crippen LogP contribution in [0.4, 0.5) is 4.79 Å². The first kappa shape index (κ1) is 19.9. The van der Waals surface area contributed by atoms with Crippen molar-refractivity contribution < 1.29 is 23.8 Å². The summed E-state index contributed by atoms with van der Waals surface area (Å²) in [5, 5.41) is 0. The van der Waals surface area contributed by atoms with Gasteiger partial charge in [0.2, 0.25) is 0 Å². The van der Waals surface area contributed by atoms with Crippen LogP contribution in [0.1, 0.15) is 19.8 Å². The van der Waals surface area contributed by atoms with Crippen molar-refractivity contribution in [1.82, 2.24) is 4.98 Å². The molecule has 0 saturated carbocycles. The summed E-state index contributed by atoms with van der Waals surface area (Å²) < 4.78 is 13.9.